The third-order valence-corrected chi connectivity index (χ3v) is 4.82. The van der Waals surface area contributed by atoms with E-state index in [1.165, 1.54) is 12.8 Å². The summed E-state index contributed by atoms with van der Waals surface area (Å²) in [7, 11) is 4.78. The lowest BCUT2D eigenvalue weighted by molar-refractivity contribution is 0.297. The fraction of sp³-hybridized carbons (Fsp3) is 0.435. The van der Waals surface area contributed by atoms with Gasteiger partial charge >= 0.3 is 0 Å². The van der Waals surface area contributed by atoms with Crippen molar-refractivity contribution < 1.29 is 18.9 Å². The minimum atomic E-state index is 0. The van der Waals surface area contributed by atoms with E-state index in [9.17, 15) is 0 Å². The Morgan fingerprint density at radius 1 is 1.00 bits per heavy atom. The van der Waals surface area contributed by atoms with Gasteiger partial charge in [-0.2, -0.15) is 0 Å². The summed E-state index contributed by atoms with van der Waals surface area (Å²) in [5.74, 6) is 3.97. The monoisotopic (exact) mass is 541 g/mol. The molecule has 2 N–H and O–H groups in total. The Hall–Kier alpha value is -2.36. The number of hydrogen-bond acceptors (Lipinski definition) is 5. The molecule has 0 radical (unpaired) electrons. The molecule has 1 aliphatic carbocycles. The maximum atomic E-state index is 6.00. The number of guanidine groups is 1. The van der Waals surface area contributed by atoms with Crippen molar-refractivity contribution >= 4 is 35.6 Å². The highest BCUT2D eigenvalue weighted by Gasteiger charge is 2.22. The smallest absolute Gasteiger partial charge is 0.203 e. The van der Waals surface area contributed by atoms with Crippen molar-refractivity contribution in [2.24, 2.45) is 10.9 Å². The molecule has 0 amide bonds. The first kappa shape index (κ1) is 24.9. The molecule has 2 aromatic carbocycles. The topological polar surface area (TPSA) is 73.3 Å². The fourth-order valence-corrected chi connectivity index (χ4v) is 3.03. The molecule has 170 valence electrons. The van der Waals surface area contributed by atoms with Crippen LogP contribution >= 0.6 is 24.0 Å². The molecule has 1 fully saturated rings. The molecule has 0 unspecified atom stereocenters. The lowest BCUT2D eigenvalue weighted by Gasteiger charge is -2.16. The van der Waals surface area contributed by atoms with Gasteiger partial charge in [-0.25, -0.2) is 4.99 Å². The molecule has 31 heavy (non-hydrogen) atoms. The molecule has 2 aromatic rings. The largest absolute Gasteiger partial charge is 0.493 e. The van der Waals surface area contributed by atoms with Crippen LogP contribution in [0.5, 0.6) is 23.0 Å². The predicted octanol–water partition coefficient (Wildman–Crippen LogP) is 4.70. The Bertz CT molecular complexity index is 847. The second kappa shape index (κ2) is 12.5. The van der Waals surface area contributed by atoms with Crippen LogP contribution in [0, 0.1) is 5.92 Å². The van der Waals surface area contributed by atoms with Crippen LogP contribution in [-0.2, 0) is 6.54 Å². The zero-order valence-electron chi connectivity index (χ0n) is 18.6. The van der Waals surface area contributed by atoms with Gasteiger partial charge in [0.25, 0.3) is 0 Å². The van der Waals surface area contributed by atoms with E-state index < -0.39 is 0 Å². The first-order valence-corrected chi connectivity index (χ1v) is 10.2. The van der Waals surface area contributed by atoms with Crippen molar-refractivity contribution in [2.45, 2.75) is 26.3 Å². The van der Waals surface area contributed by atoms with Crippen LogP contribution in [0.3, 0.4) is 0 Å². The fourth-order valence-electron chi connectivity index (χ4n) is 3.03. The lowest BCUT2D eigenvalue weighted by atomic mass is 10.2. The highest BCUT2D eigenvalue weighted by Crippen LogP contribution is 2.40. The normalized spacial score (nSPS) is 13.1. The number of halogens is 1. The Labute approximate surface area is 201 Å². The number of benzene rings is 2. The number of rotatable bonds is 10. The van der Waals surface area contributed by atoms with Crippen LogP contribution < -0.4 is 29.6 Å². The molecule has 0 atom stereocenters. The van der Waals surface area contributed by atoms with E-state index >= 15 is 0 Å². The summed E-state index contributed by atoms with van der Waals surface area (Å²) in [5, 5.41) is 6.58. The van der Waals surface area contributed by atoms with Gasteiger partial charge in [-0.05, 0) is 31.7 Å². The van der Waals surface area contributed by atoms with E-state index in [4.69, 9.17) is 23.9 Å². The van der Waals surface area contributed by atoms with E-state index in [0.29, 0.717) is 35.7 Å². The Morgan fingerprint density at radius 3 is 2.26 bits per heavy atom. The predicted molar refractivity (Wildman–Crippen MR) is 135 cm³/mol. The average molecular weight is 541 g/mol. The van der Waals surface area contributed by atoms with Gasteiger partial charge in [0.2, 0.25) is 5.75 Å². The Balaban J connectivity index is 0.00000341. The van der Waals surface area contributed by atoms with Crippen molar-refractivity contribution in [3.05, 3.63) is 42.0 Å². The van der Waals surface area contributed by atoms with Gasteiger partial charge < -0.3 is 29.6 Å². The van der Waals surface area contributed by atoms with Crippen LogP contribution in [0.2, 0.25) is 0 Å². The van der Waals surface area contributed by atoms with Gasteiger partial charge in [-0.3, -0.25) is 0 Å². The Morgan fingerprint density at radius 2 is 1.68 bits per heavy atom. The summed E-state index contributed by atoms with van der Waals surface area (Å²) in [6, 6.07) is 11.8. The van der Waals surface area contributed by atoms with Crippen LogP contribution in [-0.4, -0.2) is 40.4 Å². The van der Waals surface area contributed by atoms with E-state index in [1.54, 1.807) is 21.3 Å². The van der Waals surface area contributed by atoms with E-state index in [0.717, 1.165) is 30.2 Å². The third-order valence-electron chi connectivity index (χ3n) is 4.82. The number of nitrogens with one attached hydrogen (secondary N) is 2. The van der Waals surface area contributed by atoms with Gasteiger partial charge in [0.15, 0.2) is 17.5 Å². The molecule has 0 aromatic heterocycles. The Kier molecular flexibility index (Phi) is 10.0. The molecule has 7 nitrogen and oxygen atoms in total. The van der Waals surface area contributed by atoms with Gasteiger partial charge in [-0.1, -0.05) is 18.2 Å². The third kappa shape index (κ3) is 7.09. The summed E-state index contributed by atoms with van der Waals surface area (Å²) >= 11 is 0. The lowest BCUT2D eigenvalue weighted by Crippen LogP contribution is -2.30. The second-order valence-electron chi connectivity index (χ2n) is 7.10. The molecular weight excluding hydrogens is 509 g/mol. The number of anilines is 1. The highest BCUT2D eigenvalue weighted by molar-refractivity contribution is 14.0. The molecule has 0 aliphatic heterocycles. The molecule has 1 aliphatic rings. The molecule has 3 rings (SSSR count). The maximum Gasteiger partial charge on any atom is 0.203 e. The van der Waals surface area contributed by atoms with E-state index in [2.05, 4.69) is 16.7 Å². The van der Waals surface area contributed by atoms with Gasteiger partial charge in [0.05, 0.1) is 34.5 Å². The summed E-state index contributed by atoms with van der Waals surface area (Å²) < 4.78 is 22.3. The van der Waals surface area contributed by atoms with Gasteiger partial charge in [-0.15, -0.1) is 24.0 Å². The van der Waals surface area contributed by atoms with E-state index in [-0.39, 0.29) is 24.0 Å². The standard InChI is InChI=1S/C23H31N3O4.HI/c1-5-24-23(26-18-12-20(27-2)22(29-4)21(13-18)28-3)25-14-17-8-6-7-9-19(17)30-15-16-10-11-16;/h6-9,12-13,16H,5,10-11,14-15H2,1-4H3,(H2,24,25,26);1H. The summed E-state index contributed by atoms with van der Waals surface area (Å²) in [5.41, 5.74) is 1.84. The maximum absolute atomic E-state index is 6.00. The van der Waals surface area contributed by atoms with Crippen LogP contribution in [0.15, 0.2) is 41.4 Å². The summed E-state index contributed by atoms with van der Waals surface area (Å²) in [6.07, 6.45) is 2.53. The zero-order valence-corrected chi connectivity index (χ0v) is 20.9. The van der Waals surface area contributed by atoms with Crippen molar-refractivity contribution in [1.29, 1.82) is 0 Å². The van der Waals surface area contributed by atoms with Crippen LogP contribution in [0.4, 0.5) is 5.69 Å². The number of nitrogens with zero attached hydrogens (tertiary/aromatic N) is 1. The summed E-state index contributed by atoms with van der Waals surface area (Å²) in [6.45, 7) is 4.04. The zero-order chi connectivity index (χ0) is 21.3. The second-order valence-corrected chi connectivity index (χ2v) is 7.10. The van der Waals surface area contributed by atoms with Crippen molar-refractivity contribution in [1.82, 2.24) is 5.32 Å². The number of methoxy groups -OCH3 is 3. The summed E-state index contributed by atoms with van der Waals surface area (Å²) in [4.78, 5) is 4.74. The first-order chi connectivity index (χ1) is 14.7. The molecular formula is C23H32IN3O4. The van der Waals surface area contributed by atoms with Crippen molar-refractivity contribution in [2.75, 3.05) is 39.8 Å². The number of hydrogen-bond donors (Lipinski definition) is 2. The van der Waals surface area contributed by atoms with Crippen molar-refractivity contribution in [3.63, 3.8) is 0 Å². The molecule has 0 spiro atoms. The number of aliphatic imine (C=N–C) groups is 1. The quantitative estimate of drug-likeness (QED) is 0.258. The minimum Gasteiger partial charge on any atom is -0.493 e. The minimum absolute atomic E-state index is 0. The SMILES string of the molecule is CCNC(=NCc1ccccc1OCC1CC1)Nc1cc(OC)c(OC)c(OC)c1.I. The molecule has 1 saturated carbocycles. The number of para-hydroxylation sites is 1. The highest BCUT2D eigenvalue weighted by atomic mass is 127. The molecule has 0 bridgehead atoms. The van der Waals surface area contributed by atoms with Gasteiger partial charge in [0.1, 0.15) is 5.75 Å². The van der Waals surface area contributed by atoms with Crippen LogP contribution in [0.25, 0.3) is 0 Å². The van der Waals surface area contributed by atoms with Gasteiger partial charge in [0, 0.05) is 29.9 Å². The molecule has 8 heteroatoms. The average Bonchev–Trinajstić information content (AvgIpc) is 3.60. The van der Waals surface area contributed by atoms with Crippen molar-refractivity contribution in [3.8, 4) is 23.0 Å². The molecule has 0 saturated heterocycles. The number of ether oxygens (including phenoxy) is 4. The van der Waals surface area contributed by atoms with E-state index in [1.807, 2.05) is 37.3 Å². The van der Waals surface area contributed by atoms with Crippen LogP contribution in [0.1, 0.15) is 25.3 Å². The molecule has 0 heterocycles. The first-order valence-electron chi connectivity index (χ1n) is 10.2.